The summed E-state index contributed by atoms with van der Waals surface area (Å²) in [5.74, 6) is -1.26. The van der Waals surface area contributed by atoms with E-state index in [9.17, 15) is 9.18 Å². The largest absolute Gasteiger partial charge is 0.497 e. The number of aryl methyl sites for hydroxylation is 1. The second-order valence-electron chi connectivity index (χ2n) is 4.60. The Morgan fingerprint density at radius 3 is 2.90 bits per heavy atom. The van der Waals surface area contributed by atoms with Gasteiger partial charge in [-0.2, -0.15) is 0 Å². The molecule has 0 saturated heterocycles. The Labute approximate surface area is 120 Å². The number of tetrazole rings is 1. The molecule has 0 amide bonds. The Kier molecular flexibility index (Phi) is 4.46. The molecule has 0 bridgehead atoms. The van der Waals surface area contributed by atoms with Gasteiger partial charge in [-0.15, -0.1) is 5.10 Å². The summed E-state index contributed by atoms with van der Waals surface area (Å²) in [5, 5.41) is 20.0. The third-order valence-electron chi connectivity index (χ3n) is 3.14. The fourth-order valence-electron chi connectivity index (χ4n) is 1.79. The lowest BCUT2D eigenvalue weighted by atomic mass is 10.1. The van der Waals surface area contributed by atoms with E-state index in [-0.39, 0.29) is 11.4 Å². The molecule has 7 nitrogen and oxygen atoms in total. The Hall–Kier alpha value is -2.51. The van der Waals surface area contributed by atoms with Crippen LogP contribution in [0.5, 0.6) is 5.75 Å². The summed E-state index contributed by atoms with van der Waals surface area (Å²) in [4.78, 5) is 10.8. The highest BCUT2D eigenvalue weighted by molar-refractivity contribution is 5.69. The first-order valence-corrected chi connectivity index (χ1v) is 6.35. The molecule has 1 aromatic heterocycles. The van der Waals surface area contributed by atoms with Crippen LogP contribution in [0.15, 0.2) is 18.2 Å². The van der Waals surface area contributed by atoms with E-state index in [1.807, 2.05) is 0 Å². The molecule has 1 heterocycles. The third kappa shape index (κ3) is 3.33. The van der Waals surface area contributed by atoms with Gasteiger partial charge in [-0.05, 0) is 29.0 Å². The lowest BCUT2D eigenvalue weighted by molar-refractivity contribution is -0.141. The van der Waals surface area contributed by atoms with E-state index in [0.29, 0.717) is 18.7 Å². The van der Waals surface area contributed by atoms with Gasteiger partial charge in [-0.25, -0.2) is 9.07 Å². The van der Waals surface area contributed by atoms with Crippen LogP contribution in [0, 0.1) is 11.7 Å². The number of benzene rings is 1. The summed E-state index contributed by atoms with van der Waals surface area (Å²) < 4.78 is 20.4. The second-order valence-corrected chi connectivity index (χ2v) is 4.60. The van der Waals surface area contributed by atoms with Gasteiger partial charge in [0.15, 0.2) is 5.82 Å². The topological polar surface area (TPSA) is 90.1 Å². The molecule has 1 atom stereocenters. The minimum atomic E-state index is -0.889. The van der Waals surface area contributed by atoms with Crippen molar-refractivity contribution in [1.29, 1.82) is 0 Å². The number of ether oxygens (including phenoxy) is 1. The molecule has 112 valence electrons. The summed E-state index contributed by atoms with van der Waals surface area (Å²) in [6.07, 6.45) is 0.352. The molecule has 0 spiro atoms. The first kappa shape index (κ1) is 14.9. The van der Waals surface area contributed by atoms with Gasteiger partial charge in [-0.1, -0.05) is 6.92 Å². The zero-order valence-electron chi connectivity index (χ0n) is 11.7. The van der Waals surface area contributed by atoms with Crippen LogP contribution in [-0.2, 0) is 11.3 Å². The fraction of sp³-hybridized carbons (Fsp3) is 0.385. The van der Waals surface area contributed by atoms with Crippen LogP contribution in [0.3, 0.4) is 0 Å². The zero-order chi connectivity index (χ0) is 15.4. The average molecular weight is 294 g/mol. The number of carboxylic acid groups (broad SMARTS) is 1. The van der Waals surface area contributed by atoms with Crippen molar-refractivity contribution in [1.82, 2.24) is 20.2 Å². The Morgan fingerprint density at radius 1 is 1.52 bits per heavy atom. The number of methoxy groups -OCH3 is 1. The normalized spacial score (nSPS) is 12.1. The number of carbonyl (C=O) groups is 1. The maximum absolute atomic E-state index is 14.0. The molecule has 21 heavy (non-hydrogen) atoms. The maximum atomic E-state index is 14.0. The van der Waals surface area contributed by atoms with Gasteiger partial charge in [0.2, 0.25) is 0 Å². The van der Waals surface area contributed by atoms with Crippen molar-refractivity contribution < 1.29 is 19.0 Å². The third-order valence-corrected chi connectivity index (χ3v) is 3.14. The van der Waals surface area contributed by atoms with Gasteiger partial charge in [0.1, 0.15) is 11.6 Å². The molecule has 2 rings (SSSR count). The minimum Gasteiger partial charge on any atom is -0.497 e. The Morgan fingerprint density at radius 2 is 2.29 bits per heavy atom. The first-order chi connectivity index (χ1) is 10.0. The van der Waals surface area contributed by atoms with Crippen molar-refractivity contribution in [3.8, 4) is 17.1 Å². The minimum absolute atomic E-state index is 0.240. The molecule has 0 fully saturated rings. The molecule has 1 unspecified atom stereocenters. The second kappa shape index (κ2) is 6.29. The molecular weight excluding hydrogens is 279 g/mol. The van der Waals surface area contributed by atoms with Crippen molar-refractivity contribution in [3.05, 3.63) is 24.0 Å². The number of aliphatic carboxylic acids is 1. The average Bonchev–Trinajstić information content (AvgIpc) is 2.92. The fourth-order valence-corrected chi connectivity index (χ4v) is 1.79. The van der Waals surface area contributed by atoms with E-state index in [1.165, 1.54) is 23.9 Å². The highest BCUT2D eigenvalue weighted by atomic mass is 19.1. The molecular formula is C13H15FN4O3. The lowest BCUT2D eigenvalue weighted by Crippen LogP contribution is -2.14. The molecule has 0 radical (unpaired) electrons. The molecule has 2 aromatic rings. The van der Waals surface area contributed by atoms with Crippen LogP contribution in [0.1, 0.15) is 13.3 Å². The van der Waals surface area contributed by atoms with Crippen LogP contribution >= 0.6 is 0 Å². The smallest absolute Gasteiger partial charge is 0.306 e. The van der Waals surface area contributed by atoms with E-state index in [1.54, 1.807) is 13.0 Å². The molecule has 1 aromatic carbocycles. The summed E-state index contributed by atoms with van der Waals surface area (Å²) in [5.41, 5.74) is 0.240. The van der Waals surface area contributed by atoms with Crippen molar-refractivity contribution in [2.24, 2.45) is 5.92 Å². The van der Waals surface area contributed by atoms with Crippen LogP contribution in [0.4, 0.5) is 4.39 Å². The number of nitrogens with zero attached hydrogens (tertiary/aromatic N) is 4. The summed E-state index contributed by atoms with van der Waals surface area (Å²) in [6.45, 7) is 1.89. The number of aromatic nitrogens is 4. The monoisotopic (exact) mass is 294 g/mol. The summed E-state index contributed by atoms with van der Waals surface area (Å²) in [6, 6.07) is 4.38. The molecule has 0 saturated carbocycles. The van der Waals surface area contributed by atoms with Gasteiger partial charge in [0, 0.05) is 12.6 Å². The van der Waals surface area contributed by atoms with Gasteiger partial charge >= 0.3 is 5.97 Å². The molecule has 0 aliphatic rings. The van der Waals surface area contributed by atoms with Gasteiger partial charge < -0.3 is 9.84 Å². The summed E-state index contributed by atoms with van der Waals surface area (Å²) >= 11 is 0. The van der Waals surface area contributed by atoms with Crippen molar-refractivity contribution in [2.75, 3.05) is 7.11 Å². The quantitative estimate of drug-likeness (QED) is 0.870. The van der Waals surface area contributed by atoms with E-state index < -0.39 is 17.7 Å². The van der Waals surface area contributed by atoms with Crippen molar-refractivity contribution in [2.45, 2.75) is 19.9 Å². The zero-order valence-corrected chi connectivity index (χ0v) is 11.7. The number of rotatable bonds is 6. The molecule has 0 aliphatic carbocycles. The SMILES string of the molecule is COc1ccc(-c2nnnn2CCC(C)C(=O)O)c(F)c1. The van der Waals surface area contributed by atoms with Crippen LogP contribution < -0.4 is 4.74 Å². The number of hydrogen-bond acceptors (Lipinski definition) is 5. The Balaban J connectivity index is 2.22. The van der Waals surface area contributed by atoms with Gasteiger partial charge in [0.05, 0.1) is 18.6 Å². The van der Waals surface area contributed by atoms with Crippen molar-refractivity contribution in [3.63, 3.8) is 0 Å². The highest BCUT2D eigenvalue weighted by Gasteiger charge is 2.16. The number of hydrogen-bond donors (Lipinski definition) is 1. The number of halogens is 1. The molecule has 0 aliphatic heterocycles. The standard InChI is InChI=1S/C13H15FN4O3/c1-8(13(19)20)5-6-18-12(15-16-17-18)10-4-3-9(21-2)7-11(10)14/h3-4,7-8H,5-6H2,1-2H3,(H,19,20). The summed E-state index contributed by atoms with van der Waals surface area (Å²) in [7, 11) is 1.45. The van der Waals surface area contributed by atoms with Crippen LogP contribution in [0.2, 0.25) is 0 Å². The van der Waals surface area contributed by atoms with E-state index >= 15 is 0 Å². The lowest BCUT2D eigenvalue weighted by Gasteiger charge is -2.08. The maximum Gasteiger partial charge on any atom is 0.306 e. The number of carboxylic acids is 1. The van der Waals surface area contributed by atoms with E-state index in [0.717, 1.165) is 0 Å². The first-order valence-electron chi connectivity index (χ1n) is 6.35. The van der Waals surface area contributed by atoms with E-state index in [4.69, 9.17) is 9.84 Å². The van der Waals surface area contributed by atoms with Crippen LogP contribution in [0.25, 0.3) is 11.4 Å². The highest BCUT2D eigenvalue weighted by Crippen LogP contribution is 2.24. The van der Waals surface area contributed by atoms with Gasteiger partial charge in [-0.3, -0.25) is 4.79 Å². The van der Waals surface area contributed by atoms with Crippen LogP contribution in [-0.4, -0.2) is 38.4 Å². The Bertz CT molecular complexity index is 644. The predicted molar refractivity (Wildman–Crippen MR) is 71.2 cm³/mol. The molecule has 8 heteroatoms. The molecule has 1 N–H and O–H groups in total. The van der Waals surface area contributed by atoms with Gasteiger partial charge in [0.25, 0.3) is 0 Å². The predicted octanol–water partition coefficient (Wildman–Crippen LogP) is 1.60. The van der Waals surface area contributed by atoms with E-state index in [2.05, 4.69) is 15.5 Å². The van der Waals surface area contributed by atoms with Crippen molar-refractivity contribution >= 4 is 5.97 Å².